The zero-order valence-electron chi connectivity index (χ0n) is 10.5. The van der Waals surface area contributed by atoms with Crippen LogP contribution < -0.4 is 0 Å². The van der Waals surface area contributed by atoms with Crippen LogP contribution >= 0.6 is 0 Å². The van der Waals surface area contributed by atoms with Gasteiger partial charge in [-0.1, -0.05) is 0 Å². The molecule has 0 aliphatic carbocycles. The van der Waals surface area contributed by atoms with E-state index in [1.165, 1.54) is 7.11 Å². The molecule has 1 aliphatic rings. The molecule has 7 heteroatoms. The maximum Gasteiger partial charge on any atom is 0.431 e. The maximum atomic E-state index is 11.9. The van der Waals surface area contributed by atoms with Gasteiger partial charge in [0, 0.05) is 13.5 Å². The Hall–Kier alpha value is -1.50. The first kappa shape index (κ1) is 13.6. The van der Waals surface area contributed by atoms with E-state index in [-0.39, 0.29) is 6.54 Å². The minimum atomic E-state index is -1.20. The van der Waals surface area contributed by atoms with Gasteiger partial charge in [0.1, 0.15) is 5.60 Å². The molecule has 1 heterocycles. The molecular weight excluding hydrogens is 228 g/mol. The van der Waals surface area contributed by atoms with E-state index in [9.17, 15) is 9.59 Å². The molecule has 0 aromatic rings. The predicted octanol–water partition coefficient (Wildman–Crippen LogP) is 1.49. The summed E-state index contributed by atoms with van der Waals surface area (Å²) in [4.78, 5) is 22.8. The second kappa shape index (κ2) is 4.79. The average molecular weight is 246 g/mol. The lowest BCUT2D eigenvalue weighted by Crippen LogP contribution is -2.50. The molecule has 0 radical (unpaired) electrons. The number of hydrogen-bond acceptors (Lipinski definition) is 4. The Morgan fingerprint density at radius 2 is 1.94 bits per heavy atom. The number of amides is 2. The summed E-state index contributed by atoms with van der Waals surface area (Å²) in [6.45, 7) is 5.36. The summed E-state index contributed by atoms with van der Waals surface area (Å²) in [6, 6.07) is 0. The monoisotopic (exact) mass is 246 g/mol. The van der Waals surface area contributed by atoms with Crippen LogP contribution in [-0.2, 0) is 9.47 Å². The molecule has 0 aromatic heterocycles. The van der Waals surface area contributed by atoms with Gasteiger partial charge in [0.2, 0.25) is 0 Å². The molecule has 7 nitrogen and oxygen atoms in total. The predicted molar refractivity (Wildman–Crippen MR) is 58.2 cm³/mol. The van der Waals surface area contributed by atoms with E-state index < -0.39 is 24.0 Å². The highest BCUT2D eigenvalue weighted by molar-refractivity contribution is 5.74. The number of rotatable bonds is 1. The number of carbonyl (C=O) groups is 2. The van der Waals surface area contributed by atoms with Crippen molar-refractivity contribution in [1.82, 2.24) is 10.0 Å². The van der Waals surface area contributed by atoms with Gasteiger partial charge in [-0.25, -0.2) is 14.6 Å². The van der Waals surface area contributed by atoms with Gasteiger partial charge in [-0.15, -0.1) is 0 Å². The summed E-state index contributed by atoms with van der Waals surface area (Å²) < 4.78 is 10.2. The summed E-state index contributed by atoms with van der Waals surface area (Å²) in [6.07, 6.45) is -2.08. The number of hydrogen-bond donors (Lipinski definition) is 1. The van der Waals surface area contributed by atoms with Crippen LogP contribution in [0.1, 0.15) is 27.2 Å². The van der Waals surface area contributed by atoms with Crippen LogP contribution in [0.2, 0.25) is 0 Å². The van der Waals surface area contributed by atoms with E-state index in [2.05, 4.69) is 0 Å². The van der Waals surface area contributed by atoms with Crippen LogP contribution in [0.25, 0.3) is 0 Å². The SMILES string of the molecule is COC1CCN(C(=O)O)N1C(=O)OC(C)(C)C. The fourth-order valence-corrected chi connectivity index (χ4v) is 1.55. The van der Waals surface area contributed by atoms with E-state index in [0.717, 1.165) is 10.0 Å². The molecule has 0 saturated carbocycles. The van der Waals surface area contributed by atoms with Crippen LogP contribution in [-0.4, -0.2) is 52.8 Å². The third kappa shape index (κ3) is 3.23. The van der Waals surface area contributed by atoms with Crippen LogP contribution in [0.3, 0.4) is 0 Å². The molecule has 1 atom stereocenters. The smallest absolute Gasteiger partial charge is 0.431 e. The first-order chi connectivity index (χ1) is 7.76. The normalized spacial score (nSPS) is 20.6. The number of ether oxygens (including phenoxy) is 2. The zero-order chi connectivity index (χ0) is 13.2. The molecule has 17 heavy (non-hydrogen) atoms. The van der Waals surface area contributed by atoms with Crippen molar-refractivity contribution in [3.05, 3.63) is 0 Å². The second-order valence-electron chi connectivity index (χ2n) is 4.71. The Bertz CT molecular complexity index is 312. The quantitative estimate of drug-likeness (QED) is 0.758. The van der Waals surface area contributed by atoms with Crippen molar-refractivity contribution in [2.45, 2.75) is 39.0 Å². The van der Waals surface area contributed by atoms with E-state index in [1.807, 2.05) is 0 Å². The summed E-state index contributed by atoms with van der Waals surface area (Å²) in [5.41, 5.74) is -0.678. The van der Waals surface area contributed by atoms with E-state index in [4.69, 9.17) is 14.6 Å². The first-order valence-electron chi connectivity index (χ1n) is 5.31. The number of carboxylic acid groups (broad SMARTS) is 1. The lowest BCUT2D eigenvalue weighted by molar-refractivity contribution is -0.0906. The van der Waals surface area contributed by atoms with Gasteiger partial charge >= 0.3 is 12.2 Å². The van der Waals surface area contributed by atoms with Gasteiger partial charge in [0.25, 0.3) is 0 Å². The lowest BCUT2D eigenvalue weighted by Gasteiger charge is -2.31. The molecular formula is C10H18N2O5. The van der Waals surface area contributed by atoms with Crippen molar-refractivity contribution in [2.24, 2.45) is 0 Å². The van der Waals surface area contributed by atoms with Crippen molar-refractivity contribution in [3.8, 4) is 0 Å². The second-order valence-corrected chi connectivity index (χ2v) is 4.71. The van der Waals surface area contributed by atoms with Gasteiger partial charge in [-0.05, 0) is 20.8 Å². The van der Waals surface area contributed by atoms with Gasteiger partial charge in [-0.3, -0.25) is 0 Å². The third-order valence-corrected chi connectivity index (χ3v) is 2.19. The van der Waals surface area contributed by atoms with Crippen LogP contribution in [0.5, 0.6) is 0 Å². The minimum Gasteiger partial charge on any atom is -0.464 e. The lowest BCUT2D eigenvalue weighted by atomic mass is 10.2. The van der Waals surface area contributed by atoms with Gasteiger partial charge in [-0.2, -0.15) is 5.01 Å². The fourth-order valence-electron chi connectivity index (χ4n) is 1.55. The molecule has 1 saturated heterocycles. The molecule has 1 aliphatic heterocycles. The van der Waals surface area contributed by atoms with Gasteiger partial charge in [0.15, 0.2) is 6.23 Å². The van der Waals surface area contributed by atoms with Crippen LogP contribution in [0, 0.1) is 0 Å². The largest absolute Gasteiger partial charge is 0.464 e. The molecule has 2 amide bonds. The van der Waals surface area contributed by atoms with Crippen molar-refractivity contribution in [2.75, 3.05) is 13.7 Å². The topological polar surface area (TPSA) is 79.3 Å². The molecule has 98 valence electrons. The van der Waals surface area contributed by atoms with E-state index in [0.29, 0.717) is 6.42 Å². The molecule has 1 unspecified atom stereocenters. The van der Waals surface area contributed by atoms with Crippen LogP contribution in [0.15, 0.2) is 0 Å². The highest BCUT2D eigenvalue weighted by atomic mass is 16.6. The summed E-state index contributed by atoms with van der Waals surface area (Å²) in [7, 11) is 1.42. The standard InChI is InChI=1S/C10H18N2O5/c1-10(2,3)17-9(15)12-7(16-4)5-6-11(12)8(13)14/h7H,5-6H2,1-4H3,(H,13,14). The Labute approximate surface area is 99.9 Å². The van der Waals surface area contributed by atoms with Crippen molar-refractivity contribution in [3.63, 3.8) is 0 Å². The molecule has 0 bridgehead atoms. The molecule has 1 N–H and O–H groups in total. The Kier molecular flexibility index (Phi) is 3.82. The number of carbonyl (C=O) groups excluding carboxylic acids is 1. The highest BCUT2D eigenvalue weighted by Crippen LogP contribution is 2.22. The summed E-state index contributed by atoms with van der Waals surface area (Å²) in [5.74, 6) is 0. The first-order valence-corrected chi connectivity index (χ1v) is 5.31. The van der Waals surface area contributed by atoms with Gasteiger partial charge < -0.3 is 14.6 Å². The maximum absolute atomic E-state index is 11.9. The van der Waals surface area contributed by atoms with E-state index in [1.54, 1.807) is 20.8 Å². The third-order valence-electron chi connectivity index (χ3n) is 2.19. The zero-order valence-corrected chi connectivity index (χ0v) is 10.5. The Balaban J connectivity index is 2.82. The van der Waals surface area contributed by atoms with Crippen molar-refractivity contribution in [1.29, 1.82) is 0 Å². The Morgan fingerprint density at radius 1 is 1.35 bits per heavy atom. The minimum absolute atomic E-state index is 0.215. The number of nitrogens with zero attached hydrogens (tertiary/aromatic N) is 2. The Morgan fingerprint density at radius 3 is 2.35 bits per heavy atom. The number of methoxy groups -OCH3 is 1. The summed E-state index contributed by atoms with van der Waals surface area (Å²) >= 11 is 0. The average Bonchev–Trinajstić information content (AvgIpc) is 2.57. The highest BCUT2D eigenvalue weighted by Gasteiger charge is 2.41. The molecule has 0 aromatic carbocycles. The fraction of sp³-hybridized carbons (Fsp3) is 0.800. The van der Waals surface area contributed by atoms with E-state index >= 15 is 0 Å². The van der Waals surface area contributed by atoms with Crippen molar-refractivity contribution >= 4 is 12.2 Å². The van der Waals surface area contributed by atoms with Crippen molar-refractivity contribution < 1.29 is 24.2 Å². The number of hydrazine groups is 1. The summed E-state index contributed by atoms with van der Waals surface area (Å²) in [5, 5.41) is 10.9. The van der Waals surface area contributed by atoms with Gasteiger partial charge in [0.05, 0.1) is 6.54 Å². The molecule has 1 rings (SSSR count). The van der Waals surface area contributed by atoms with Crippen LogP contribution in [0.4, 0.5) is 9.59 Å². The molecule has 0 spiro atoms. The molecule has 1 fully saturated rings.